The summed E-state index contributed by atoms with van der Waals surface area (Å²) in [6, 6.07) is 0. The van der Waals surface area contributed by atoms with E-state index in [0.717, 1.165) is 45.3 Å². The molecule has 18 heavy (non-hydrogen) atoms. The lowest BCUT2D eigenvalue weighted by Crippen LogP contribution is -2.48. The Morgan fingerprint density at radius 3 is 2.56 bits per heavy atom. The lowest BCUT2D eigenvalue weighted by atomic mass is 9.70. The Labute approximate surface area is 111 Å². The van der Waals surface area contributed by atoms with Gasteiger partial charge in [-0.05, 0) is 49.5 Å². The van der Waals surface area contributed by atoms with Crippen molar-refractivity contribution in [3.63, 3.8) is 0 Å². The third-order valence-electron chi connectivity index (χ3n) is 4.97. The van der Waals surface area contributed by atoms with Gasteiger partial charge in [0, 0.05) is 13.1 Å². The number of aliphatic hydroxyl groups is 2. The van der Waals surface area contributed by atoms with Gasteiger partial charge in [0.05, 0.1) is 12.2 Å². The minimum Gasteiger partial charge on any atom is -0.393 e. The lowest BCUT2D eigenvalue weighted by molar-refractivity contribution is -0.0225. The molecule has 0 aromatic rings. The molecule has 4 atom stereocenters. The van der Waals surface area contributed by atoms with Crippen LogP contribution in [0.25, 0.3) is 0 Å². The van der Waals surface area contributed by atoms with E-state index in [2.05, 4.69) is 25.7 Å². The van der Waals surface area contributed by atoms with Crippen molar-refractivity contribution in [2.45, 2.75) is 58.7 Å². The number of likely N-dealkylation sites (tertiary alicyclic amines) is 1. The highest BCUT2D eigenvalue weighted by molar-refractivity contribution is 4.88. The normalized spacial score (nSPS) is 41.8. The predicted octanol–water partition coefficient (Wildman–Crippen LogP) is 1.88. The zero-order chi connectivity index (χ0) is 13.3. The van der Waals surface area contributed by atoms with Crippen molar-refractivity contribution in [1.29, 1.82) is 0 Å². The van der Waals surface area contributed by atoms with Crippen molar-refractivity contribution >= 4 is 0 Å². The van der Waals surface area contributed by atoms with E-state index in [0.29, 0.717) is 17.3 Å². The summed E-state index contributed by atoms with van der Waals surface area (Å²) in [7, 11) is 0. The topological polar surface area (TPSA) is 43.7 Å². The van der Waals surface area contributed by atoms with Gasteiger partial charge in [-0.15, -0.1) is 0 Å². The second-order valence-electron chi connectivity index (χ2n) is 7.33. The highest BCUT2D eigenvalue weighted by atomic mass is 16.3. The van der Waals surface area contributed by atoms with E-state index in [1.807, 2.05) is 0 Å². The summed E-state index contributed by atoms with van der Waals surface area (Å²) in [6.45, 7) is 9.54. The largest absolute Gasteiger partial charge is 0.393 e. The van der Waals surface area contributed by atoms with E-state index in [9.17, 15) is 10.2 Å². The van der Waals surface area contributed by atoms with Gasteiger partial charge in [0.1, 0.15) is 0 Å². The number of nitrogens with zero attached hydrogens (tertiary/aromatic N) is 1. The van der Waals surface area contributed by atoms with E-state index < -0.39 is 0 Å². The molecule has 3 nitrogen and oxygen atoms in total. The SMILES string of the molecule is CC1CCN(CC2CC(C)(C)CCC2O)CC1O. The average Bonchev–Trinajstić information content (AvgIpc) is 2.28. The van der Waals surface area contributed by atoms with Crippen molar-refractivity contribution in [3.8, 4) is 0 Å². The van der Waals surface area contributed by atoms with Crippen LogP contribution in [0.4, 0.5) is 0 Å². The molecule has 3 heteroatoms. The van der Waals surface area contributed by atoms with Gasteiger partial charge in [-0.3, -0.25) is 0 Å². The zero-order valence-corrected chi connectivity index (χ0v) is 12.1. The van der Waals surface area contributed by atoms with Gasteiger partial charge in [-0.2, -0.15) is 0 Å². The number of rotatable bonds is 2. The van der Waals surface area contributed by atoms with Crippen LogP contribution in [0.5, 0.6) is 0 Å². The molecule has 0 aromatic carbocycles. The molecule has 2 N–H and O–H groups in total. The number of piperidine rings is 1. The third kappa shape index (κ3) is 3.46. The van der Waals surface area contributed by atoms with Gasteiger partial charge in [0.25, 0.3) is 0 Å². The second kappa shape index (κ2) is 5.48. The third-order valence-corrected chi connectivity index (χ3v) is 4.97. The minimum atomic E-state index is -0.188. The fraction of sp³-hybridized carbons (Fsp3) is 1.00. The van der Waals surface area contributed by atoms with Gasteiger partial charge < -0.3 is 15.1 Å². The van der Waals surface area contributed by atoms with Gasteiger partial charge in [-0.1, -0.05) is 20.8 Å². The highest BCUT2D eigenvalue weighted by Crippen LogP contribution is 2.39. The number of hydrogen-bond donors (Lipinski definition) is 2. The van der Waals surface area contributed by atoms with E-state index in [-0.39, 0.29) is 12.2 Å². The zero-order valence-electron chi connectivity index (χ0n) is 12.1. The average molecular weight is 255 g/mol. The van der Waals surface area contributed by atoms with Crippen LogP contribution < -0.4 is 0 Å². The number of hydrogen-bond acceptors (Lipinski definition) is 3. The molecule has 1 aliphatic carbocycles. The first kappa shape index (κ1) is 14.3. The summed E-state index contributed by atoms with van der Waals surface area (Å²) in [6.07, 6.45) is 3.92. The first-order chi connectivity index (χ1) is 8.37. The molecule has 1 aliphatic heterocycles. The van der Waals surface area contributed by atoms with Crippen LogP contribution >= 0.6 is 0 Å². The number of aliphatic hydroxyl groups excluding tert-OH is 2. The van der Waals surface area contributed by atoms with Crippen molar-refractivity contribution in [2.24, 2.45) is 17.3 Å². The van der Waals surface area contributed by atoms with Gasteiger partial charge in [0.2, 0.25) is 0 Å². The quantitative estimate of drug-likeness (QED) is 0.792. The van der Waals surface area contributed by atoms with Gasteiger partial charge >= 0.3 is 0 Å². The molecule has 0 radical (unpaired) electrons. The van der Waals surface area contributed by atoms with Crippen LogP contribution in [-0.2, 0) is 0 Å². The minimum absolute atomic E-state index is 0.144. The van der Waals surface area contributed by atoms with Crippen LogP contribution in [0.3, 0.4) is 0 Å². The lowest BCUT2D eigenvalue weighted by Gasteiger charge is -2.42. The Balaban J connectivity index is 1.88. The van der Waals surface area contributed by atoms with E-state index >= 15 is 0 Å². The molecule has 0 aromatic heterocycles. The Morgan fingerprint density at radius 1 is 1.17 bits per heavy atom. The fourth-order valence-corrected chi connectivity index (χ4v) is 3.52. The van der Waals surface area contributed by atoms with Crippen molar-refractivity contribution in [1.82, 2.24) is 4.90 Å². The first-order valence-corrected chi connectivity index (χ1v) is 7.46. The fourth-order valence-electron chi connectivity index (χ4n) is 3.52. The molecular formula is C15H29NO2. The molecule has 1 saturated heterocycles. The summed E-state index contributed by atoms with van der Waals surface area (Å²) >= 11 is 0. The smallest absolute Gasteiger partial charge is 0.0693 e. The van der Waals surface area contributed by atoms with Gasteiger partial charge in [-0.25, -0.2) is 0 Å². The van der Waals surface area contributed by atoms with Crippen molar-refractivity contribution in [3.05, 3.63) is 0 Å². The summed E-state index contributed by atoms with van der Waals surface area (Å²) < 4.78 is 0. The summed E-state index contributed by atoms with van der Waals surface area (Å²) in [5, 5.41) is 20.1. The van der Waals surface area contributed by atoms with E-state index in [1.165, 1.54) is 0 Å². The van der Waals surface area contributed by atoms with Crippen LogP contribution in [0.15, 0.2) is 0 Å². The maximum absolute atomic E-state index is 10.2. The molecule has 0 amide bonds. The van der Waals surface area contributed by atoms with Crippen molar-refractivity contribution < 1.29 is 10.2 Å². The molecule has 2 aliphatic rings. The van der Waals surface area contributed by atoms with Crippen LogP contribution in [-0.4, -0.2) is 47.0 Å². The van der Waals surface area contributed by atoms with E-state index in [4.69, 9.17) is 0 Å². The Bertz CT molecular complexity index is 280. The molecule has 1 saturated carbocycles. The Kier molecular flexibility index (Phi) is 4.35. The van der Waals surface area contributed by atoms with Crippen LogP contribution in [0.2, 0.25) is 0 Å². The summed E-state index contributed by atoms with van der Waals surface area (Å²) in [5.74, 6) is 0.809. The van der Waals surface area contributed by atoms with Crippen LogP contribution in [0, 0.1) is 17.3 Å². The summed E-state index contributed by atoms with van der Waals surface area (Å²) in [4.78, 5) is 2.35. The highest BCUT2D eigenvalue weighted by Gasteiger charge is 2.35. The number of β-amino-alcohol motifs (C(OH)–C–C–N with tert-alkyl or cyclic N) is 1. The Hall–Kier alpha value is -0.120. The molecule has 0 bridgehead atoms. The molecule has 106 valence electrons. The first-order valence-electron chi connectivity index (χ1n) is 7.46. The van der Waals surface area contributed by atoms with E-state index in [1.54, 1.807) is 0 Å². The predicted molar refractivity (Wildman–Crippen MR) is 73.4 cm³/mol. The summed E-state index contributed by atoms with van der Waals surface area (Å²) in [5.41, 5.74) is 0.367. The molecule has 4 unspecified atom stereocenters. The molecule has 1 heterocycles. The molecule has 0 spiro atoms. The second-order valence-corrected chi connectivity index (χ2v) is 7.33. The Morgan fingerprint density at radius 2 is 1.89 bits per heavy atom. The van der Waals surface area contributed by atoms with Gasteiger partial charge in [0.15, 0.2) is 0 Å². The monoisotopic (exact) mass is 255 g/mol. The molecular weight excluding hydrogens is 226 g/mol. The molecule has 2 fully saturated rings. The maximum Gasteiger partial charge on any atom is 0.0693 e. The molecule has 2 rings (SSSR count). The standard InChI is InChI=1S/C15H29NO2/c1-11-5-7-16(10-14(11)18)9-12-8-15(2,3)6-4-13(12)17/h11-14,17-18H,4-10H2,1-3H3. The maximum atomic E-state index is 10.2. The van der Waals surface area contributed by atoms with Crippen molar-refractivity contribution in [2.75, 3.05) is 19.6 Å². The van der Waals surface area contributed by atoms with Crippen LogP contribution in [0.1, 0.15) is 46.5 Å².